The van der Waals surface area contributed by atoms with Crippen LogP contribution in [0.5, 0.6) is 0 Å². The highest BCUT2D eigenvalue weighted by Gasteiger charge is 2.36. The molecule has 1 heterocycles. The third-order valence-electron chi connectivity index (χ3n) is 5.36. The van der Waals surface area contributed by atoms with E-state index in [1.54, 1.807) is 0 Å². The number of rotatable bonds is 6. The molecule has 3 N–H and O–H groups in total. The largest absolute Gasteiger partial charge is 0.353 e. The lowest BCUT2D eigenvalue weighted by Gasteiger charge is -2.34. The topological polar surface area (TPSA) is 53.2 Å². The lowest BCUT2D eigenvalue weighted by atomic mass is 9.94. The monoisotopic (exact) mass is 315 g/mol. The van der Waals surface area contributed by atoms with Gasteiger partial charge in [0.05, 0.1) is 6.04 Å². The molecule has 1 aliphatic heterocycles. The zero-order valence-corrected chi connectivity index (χ0v) is 14.1. The summed E-state index contributed by atoms with van der Waals surface area (Å²) in [6, 6.07) is 10.9. The van der Waals surface area contributed by atoms with E-state index in [0.29, 0.717) is 6.04 Å². The Kier molecular flexibility index (Phi) is 5.34. The van der Waals surface area contributed by atoms with Gasteiger partial charge in [-0.05, 0) is 44.7 Å². The Bertz CT molecular complexity index is 505. The van der Waals surface area contributed by atoms with Crippen LogP contribution in [-0.4, -0.2) is 30.6 Å². The molecule has 126 valence electrons. The number of hydrogen-bond donors (Lipinski definition) is 3. The second-order valence-corrected chi connectivity index (χ2v) is 7.13. The van der Waals surface area contributed by atoms with Gasteiger partial charge in [0.2, 0.25) is 5.91 Å². The van der Waals surface area contributed by atoms with Crippen LogP contribution in [-0.2, 0) is 4.79 Å². The molecule has 1 aliphatic carbocycles. The van der Waals surface area contributed by atoms with Gasteiger partial charge < -0.3 is 16.0 Å². The van der Waals surface area contributed by atoms with Crippen LogP contribution in [0.4, 0.5) is 0 Å². The fourth-order valence-electron chi connectivity index (χ4n) is 4.00. The van der Waals surface area contributed by atoms with Crippen LogP contribution in [0.2, 0.25) is 0 Å². The van der Waals surface area contributed by atoms with E-state index >= 15 is 0 Å². The smallest absolute Gasteiger partial charge is 0.237 e. The second kappa shape index (κ2) is 7.45. The molecule has 2 aliphatic rings. The zero-order valence-electron chi connectivity index (χ0n) is 14.1. The van der Waals surface area contributed by atoms with Crippen LogP contribution < -0.4 is 16.0 Å². The molecule has 1 saturated heterocycles. The molecular formula is C19H29N3O. The third kappa shape index (κ3) is 4.12. The van der Waals surface area contributed by atoms with Gasteiger partial charge in [-0.1, -0.05) is 43.2 Å². The molecule has 1 aromatic rings. The van der Waals surface area contributed by atoms with Gasteiger partial charge in [0.15, 0.2) is 0 Å². The summed E-state index contributed by atoms with van der Waals surface area (Å²) in [6.07, 6.45) is 6.84. The van der Waals surface area contributed by atoms with Crippen LogP contribution in [0.25, 0.3) is 0 Å². The van der Waals surface area contributed by atoms with E-state index in [1.165, 1.54) is 18.4 Å². The van der Waals surface area contributed by atoms with Crippen LogP contribution in [0.15, 0.2) is 30.3 Å². The van der Waals surface area contributed by atoms with Gasteiger partial charge in [-0.2, -0.15) is 0 Å². The molecule has 3 rings (SSSR count). The maximum absolute atomic E-state index is 12.3. The van der Waals surface area contributed by atoms with E-state index in [1.807, 2.05) is 0 Å². The lowest BCUT2D eigenvalue weighted by Crippen LogP contribution is -2.54. The van der Waals surface area contributed by atoms with Crippen molar-refractivity contribution >= 4 is 5.91 Å². The quantitative estimate of drug-likeness (QED) is 0.756. The molecule has 0 radical (unpaired) electrons. The average Bonchev–Trinajstić information content (AvgIpc) is 3.26. The number of carbonyl (C=O) groups is 1. The van der Waals surface area contributed by atoms with Crippen molar-refractivity contribution in [1.82, 2.24) is 16.0 Å². The highest BCUT2D eigenvalue weighted by Crippen LogP contribution is 2.31. The lowest BCUT2D eigenvalue weighted by molar-refractivity contribution is -0.123. The summed E-state index contributed by atoms with van der Waals surface area (Å²) in [6.45, 7) is 3.92. The fraction of sp³-hybridized carbons (Fsp3) is 0.632. The van der Waals surface area contributed by atoms with Crippen molar-refractivity contribution in [1.29, 1.82) is 0 Å². The Morgan fingerprint density at radius 1 is 1.26 bits per heavy atom. The molecule has 1 unspecified atom stereocenters. The highest BCUT2D eigenvalue weighted by atomic mass is 16.2. The van der Waals surface area contributed by atoms with Crippen molar-refractivity contribution in [3.8, 4) is 0 Å². The van der Waals surface area contributed by atoms with Gasteiger partial charge >= 0.3 is 0 Å². The standard InChI is InChI=1S/C19H29N3O/c1-15(16-8-3-2-4-9-16)22-19(11-5-6-12-19)14-21-18(23)17-10-7-13-20-17/h2-4,8-9,15,17,20,22H,5-7,10-14H2,1H3,(H,21,23)/t15?,17-/m0/s1. The van der Waals surface area contributed by atoms with Gasteiger partial charge in [-0.15, -0.1) is 0 Å². The molecule has 4 nitrogen and oxygen atoms in total. The predicted molar refractivity (Wildman–Crippen MR) is 93.2 cm³/mol. The Morgan fingerprint density at radius 3 is 2.65 bits per heavy atom. The van der Waals surface area contributed by atoms with Crippen molar-refractivity contribution in [3.05, 3.63) is 35.9 Å². The number of benzene rings is 1. The minimum atomic E-state index is 0.0139. The summed E-state index contributed by atoms with van der Waals surface area (Å²) < 4.78 is 0. The second-order valence-electron chi connectivity index (χ2n) is 7.13. The fourth-order valence-corrected chi connectivity index (χ4v) is 4.00. The minimum absolute atomic E-state index is 0.0139. The first-order valence-electron chi connectivity index (χ1n) is 9.02. The molecule has 1 amide bonds. The number of carbonyl (C=O) groups excluding carboxylic acids is 1. The first kappa shape index (κ1) is 16.5. The Morgan fingerprint density at radius 2 is 2.00 bits per heavy atom. The van der Waals surface area contributed by atoms with E-state index in [9.17, 15) is 4.79 Å². The molecule has 0 bridgehead atoms. The van der Waals surface area contributed by atoms with Gasteiger partial charge in [-0.25, -0.2) is 0 Å². The predicted octanol–water partition coefficient (Wildman–Crippen LogP) is 2.52. The third-order valence-corrected chi connectivity index (χ3v) is 5.36. The highest BCUT2D eigenvalue weighted by molar-refractivity contribution is 5.82. The van der Waals surface area contributed by atoms with Crippen molar-refractivity contribution in [2.45, 2.75) is 63.1 Å². The Hall–Kier alpha value is -1.39. The number of nitrogens with one attached hydrogen (secondary N) is 3. The van der Waals surface area contributed by atoms with Gasteiger partial charge in [0, 0.05) is 18.1 Å². The molecule has 2 fully saturated rings. The summed E-state index contributed by atoms with van der Waals surface area (Å²) in [5, 5.41) is 10.3. The molecule has 0 aromatic heterocycles. The maximum Gasteiger partial charge on any atom is 0.237 e. The van der Waals surface area contributed by atoms with E-state index in [2.05, 4.69) is 53.2 Å². The van der Waals surface area contributed by atoms with E-state index < -0.39 is 0 Å². The Labute approximate surface area is 139 Å². The van der Waals surface area contributed by atoms with Gasteiger partial charge in [-0.3, -0.25) is 4.79 Å². The van der Waals surface area contributed by atoms with Crippen molar-refractivity contribution in [2.75, 3.05) is 13.1 Å². The summed E-state index contributed by atoms with van der Waals surface area (Å²) in [5.41, 5.74) is 1.35. The summed E-state index contributed by atoms with van der Waals surface area (Å²) in [4.78, 5) is 12.3. The van der Waals surface area contributed by atoms with Crippen LogP contribution in [0.3, 0.4) is 0 Å². The first-order valence-corrected chi connectivity index (χ1v) is 9.02. The molecule has 1 aromatic carbocycles. The Balaban J connectivity index is 1.59. The zero-order chi connectivity index (χ0) is 16.1. The average molecular weight is 315 g/mol. The summed E-state index contributed by atoms with van der Waals surface area (Å²) >= 11 is 0. The van der Waals surface area contributed by atoms with Gasteiger partial charge in [0.1, 0.15) is 0 Å². The number of hydrogen-bond acceptors (Lipinski definition) is 3. The normalized spacial score (nSPS) is 24.5. The van der Waals surface area contributed by atoms with Crippen LogP contribution >= 0.6 is 0 Å². The SMILES string of the molecule is CC(NC1(CNC(=O)[C@@H]2CCCN2)CCCC1)c1ccccc1. The molecular weight excluding hydrogens is 286 g/mol. The van der Waals surface area contributed by atoms with E-state index in [-0.39, 0.29) is 17.5 Å². The van der Waals surface area contributed by atoms with Crippen LogP contribution in [0.1, 0.15) is 57.1 Å². The van der Waals surface area contributed by atoms with E-state index in [4.69, 9.17) is 0 Å². The molecule has 4 heteroatoms. The minimum Gasteiger partial charge on any atom is -0.353 e. The van der Waals surface area contributed by atoms with E-state index in [0.717, 1.165) is 38.8 Å². The first-order chi connectivity index (χ1) is 11.2. The van der Waals surface area contributed by atoms with Crippen LogP contribution in [0, 0.1) is 0 Å². The molecule has 0 spiro atoms. The van der Waals surface area contributed by atoms with Gasteiger partial charge in [0.25, 0.3) is 0 Å². The molecule has 23 heavy (non-hydrogen) atoms. The summed E-state index contributed by atoms with van der Waals surface area (Å²) in [5.74, 6) is 0.169. The van der Waals surface area contributed by atoms with Crippen molar-refractivity contribution in [2.24, 2.45) is 0 Å². The van der Waals surface area contributed by atoms with Crippen molar-refractivity contribution < 1.29 is 4.79 Å². The maximum atomic E-state index is 12.3. The van der Waals surface area contributed by atoms with Crippen molar-refractivity contribution in [3.63, 3.8) is 0 Å². The summed E-state index contributed by atoms with van der Waals surface area (Å²) in [7, 11) is 0. The number of amides is 1. The molecule has 1 saturated carbocycles. The molecule has 2 atom stereocenters.